The molecule has 1 aliphatic heterocycles. The van der Waals surface area contributed by atoms with E-state index in [2.05, 4.69) is 22.5 Å². The number of halogens is 1. The van der Waals surface area contributed by atoms with E-state index < -0.39 is 0 Å². The minimum atomic E-state index is 0. The first-order valence-corrected chi connectivity index (χ1v) is 11.0. The number of hydrogen-bond donors (Lipinski definition) is 2. The van der Waals surface area contributed by atoms with E-state index in [-0.39, 0.29) is 30.3 Å². The number of hydrogen-bond acceptors (Lipinski definition) is 3. The first kappa shape index (κ1) is 22.5. The molecular formula is C21H38ClN3O2. The average Bonchev–Trinajstić information content (AvgIpc) is 3.33. The van der Waals surface area contributed by atoms with E-state index in [0.717, 1.165) is 58.2 Å². The Kier molecular flexibility index (Phi) is 9.37. The number of carbonyl (C=O) groups is 2. The number of carbonyl (C=O) groups excluding carboxylic acids is 2. The Balaban J connectivity index is 0.00000261. The van der Waals surface area contributed by atoms with Crippen molar-refractivity contribution >= 4 is 24.2 Å². The molecule has 5 nitrogen and oxygen atoms in total. The molecule has 1 atom stereocenters. The number of nitrogens with zero attached hydrogens (tertiary/aromatic N) is 1. The van der Waals surface area contributed by atoms with Gasteiger partial charge in [0.2, 0.25) is 11.8 Å². The zero-order chi connectivity index (χ0) is 18.4. The van der Waals surface area contributed by atoms with Crippen LogP contribution in [0.5, 0.6) is 0 Å². The second-order valence-corrected chi connectivity index (χ2v) is 8.65. The summed E-state index contributed by atoms with van der Waals surface area (Å²) in [4.78, 5) is 27.4. The lowest BCUT2D eigenvalue weighted by Gasteiger charge is -2.35. The van der Waals surface area contributed by atoms with Gasteiger partial charge in [-0.05, 0) is 63.8 Å². The van der Waals surface area contributed by atoms with Crippen molar-refractivity contribution in [2.24, 2.45) is 11.8 Å². The van der Waals surface area contributed by atoms with E-state index in [1.807, 2.05) is 0 Å². The fraction of sp³-hybridized carbons (Fsp3) is 0.905. The van der Waals surface area contributed by atoms with Gasteiger partial charge in [-0.2, -0.15) is 0 Å². The van der Waals surface area contributed by atoms with E-state index >= 15 is 0 Å². The van der Waals surface area contributed by atoms with Crippen LogP contribution in [0.2, 0.25) is 0 Å². The van der Waals surface area contributed by atoms with Crippen LogP contribution in [0, 0.1) is 11.8 Å². The van der Waals surface area contributed by atoms with Gasteiger partial charge in [-0.25, -0.2) is 0 Å². The summed E-state index contributed by atoms with van der Waals surface area (Å²) < 4.78 is 0. The molecule has 1 unspecified atom stereocenters. The summed E-state index contributed by atoms with van der Waals surface area (Å²) in [6, 6.07) is 0.659. The molecule has 27 heavy (non-hydrogen) atoms. The maximum absolute atomic E-state index is 13.0. The molecule has 2 amide bonds. The molecule has 1 saturated heterocycles. The van der Waals surface area contributed by atoms with E-state index in [9.17, 15) is 9.59 Å². The SMILES string of the molecule is CCCN(C(=O)C1CCC(NC(=O)CC2CCCC2)CC1)C1CCNC1.Cl. The Labute approximate surface area is 170 Å². The summed E-state index contributed by atoms with van der Waals surface area (Å²) in [6.07, 6.45) is 11.6. The lowest BCUT2D eigenvalue weighted by atomic mass is 9.84. The maximum atomic E-state index is 13.0. The Hall–Kier alpha value is -0.810. The highest BCUT2D eigenvalue weighted by atomic mass is 35.5. The third kappa shape index (κ3) is 6.35. The van der Waals surface area contributed by atoms with E-state index in [1.54, 1.807) is 0 Å². The van der Waals surface area contributed by atoms with Crippen LogP contribution in [0.3, 0.4) is 0 Å². The smallest absolute Gasteiger partial charge is 0.225 e. The van der Waals surface area contributed by atoms with Crippen molar-refractivity contribution in [3.63, 3.8) is 0 Å². The van der Waals surface area contributed by atoms with Gasteiger partial charge in [0.05, 0.1) is 0 Å². The summed E-state index contributed by atoms with van der Waals surface area (Å²) >= 11 is 0. The van der Waals surface area contributed by atoms with E-state index in [4.69, 9.17) is 0 Å². The molecule has 0 aromatic rings. The molecule has 6 heteroatoms. The van der Waals surface area contributed by atoms with Gasteiger partial charge in [0, 0.05) is 37.5 Å². The molecular weight excluding hydrogens is 362 g/mol. The molecule has 1 heterocycles. The lowest BCUT2D eigenvalue weighted by Crippen LogP contribution is -2.47. The third-order valence-corrected chi connectivity index (χ3v) is 6.61. The molecule has 2 saturated carbocycles. The molecule has 0 spiro atoms. The summed E-state index contributed by atoms with van der Waals surface area (Å²) in [6.45, 7) is 5.00. The van der Waals surface area contributed by atoms with Gasteiger partial charge in [0.25, 0.3) is 0 Å². The van der Waals surface area contributed by atoms with Gasteiger partial charge in [0.15, 0.2) is 0 Å². The highest BCUT2D eigenvalue weighted by molar-refractivity contribution is 5.85. The largest absolute Gasteiger partial charge is 0.353 e. The van der Waals surface area contributed by atoms with Crippen LogP contribution in [0.15, 0.2) is 0 Å². The van der Waals surface area contributed by atoms with Gasteiger partial charge in [-0.3, -0.25) is 9.59 Å². The number of nitrogens with one attached hydrogen (secondary N) is 2. The third-order valence-electron chi connectivity index (χ3n) is 6.61. The van der Waals surface area contributed by atoms with Crippen LogP contribution < -0.4 is 10.6 Å². The van der Waals surface area contributed by atoms with Crippen LogP contribution in [-0.2, 0) is 9.59 Å². The second kappa shape index (κ2) is 11.3. The molecule has 3 rings (SSSR count). The molecule has 0 radical (unpaired) electrons. The first-order chi connectivity index (χ1) is 12.7. The van der Waals surface area contributed by atoms with Crippen LogP contribution >= 0.6 is 12.4 Å². The molecule has 0 aromatic heterocycles. The highest BCUT2D eigenvalue weighted by Gasteiger charge is 2.33. The molecule has 156 valence electrons. The number of rotatable bonds is 7. The van der Waals surface area contributed by atoms with Gasteiger partial charge in [-0.15, -0.1) is 12.4 Å². The zero-order valence-electron chi connectivity index (χ0n) is 16.9. The minimum absolute atomic E-state index is 0. The van der Waals surface area contributed by atoms with Crippen LogP contribution in [0.25, 0.3) is 0 Å². The normalized spacial score (nSPS) is 28.6. The summed E-state index contributed by atoms with van der Waals surface area (Å²) in [5.41, 5.74) is 0. The minimum Gasteiger partial charge on any atom is -0.353 e. The molecule has 3 aliphatic rings. The van der Waals surface area contributed by atoms with Crippen molar-refractivity contribution in [2.75, 3.05) is 19.6 Å². The van der Waals surface area contributed by atoms with Gasteiger partial charge < -0.3 is 15.5 Å². The monoisotopic (exact) mass is 399 g/mol. The van der Waals surface area contributed by atoms with Gasteiger partial charge >= 0.3 is 0 Å². The Morgan fingerprint density at radius 1 is 1.04 bits per heavy atom. The Bertz CT molecular complexity index is 468. The highest BCUT2D eigenvalue weighted by Crippen LogP contribution is 2.29. The van der Waals surface area contributed by atoms with Crippen LogP contribution in [-0.4, -0.2) is 48.4 Å². The van der Waals surface area contributed by atoms with Crippen molar-refractivity contribution in [1.82, 2.24) is 15.5 Å². The molecule has 0 bridgehead atoms. The quantitative estimate of drug-likeness (QED) is 0.690. The predicted molar refractivity (Wildman–Crippen MR) is 111 cm³/mol. The molecule has 0 aromatic carbocycles. The van der Waals surface area contributed by atoms with Crippen molar-refractivity contribution in [2.45, 2.75) is 89.6 Å². The van der Waals surface area contributed by atoms with Crippen molar-refractivity contribution < 1.29 is 9.59 Å². The van der Waals surface area contributed by atoms with Gasteiger partial charge in [0.1, 0.15) is 0 Å². The van der Waals surface area contributed by atoms with E-state index in [0.29, 0.717) is 24.3 Å². The van der Waals surface area contributed by atoms with Crippen molar-refractivity contribution in [1.29, 1.82) is 0 Å². The second-order valence-electron chi connectivity index (χ2n) is 8.65. The van der Waals surface area contributed by atoms with E-state index in [1.165, 1.54) is 25.7 Å². The van der Waals surface area contributed by atoms with Crippen LogP contribution in [0.1, 0.15) is 77.6 Å². The lowest BCUT2D eigenvalue weighted by molar-refractivity contribution is -0.138. The summed E-state index contributed by atoms with van der Waals surface area (Å²) in [5.74, 6) is 1.35. The van der Waals surface area contributed by atoms with Crippen LogP contribution in [0.4, 0.5) is 0 Å². The fourth-order valence-corrected chi connectivity index (χ4v) is 5.10. The molecule has 2 aliphatic carbocycles. The average molecular weight is 400 g/mol. The molecule has 2 N–H and O–H groups in total. The van der Waals surface area contributed by atoms with Crippen molar-refractivity contribution in [3.05, 3.63) is 0 Å². The zero-order valence-corrected chi connectivity index (χ0v) is 17.7. The molecule has 3 fully saturated rings. The summed E-state index contributed by atoms with van der Waals surface area (Å²) in [5, 5.41) is 6.63. The predicted octanol–water partition coefficient (Wildman–Crippen LogP) is 3.26. The Morgan fingerprint density at radius 3 is 2.33 bits per heavy atom. The standard InChI is InChI=1S/C21H37N3O2.ClH/c1-2-13-24(19-11-12-22-15-19)21(26)17-7-9-18(10-8-17)23-20(25)14-16-5-3-4-6-16;/h16-19,22H,2-15H2,1H3,(H,23,25);1H. The summed E-state index contributed by atoms with van der Waals surface area (Å²) in [7, 11) is 0. The first-order valence-electron chi connectivity index (χ1n) is 11.0. The topological polar surface area (TPSA) is 61.4 Å². The maximum Gasteiger partial charge on any atom is 0.225 e. The van der Waals surface area contributed by atoms with Crippen molar-refractivity contribution in [3.8, 4) is 0 Å². The van der Waals surface area contributed by atoms with Gasteiger partial charge in [-0.1, -0.05) is 19.8 Å². The fourth-order valence-electron chi connectivity index (χ4n) is 5.10. The Morgan fingerprint density at radius 2 is 1.74 bits per heavy atom. The number of amides is 2.